The van der Waals surface area contributed by atoms with Crippen LogP contribution in [0.25, 0.3) is 6.08 Å². The Morgan fingerprint density at radius 2 is 1.95 bits per heavy atom. The second kappa shape index (κ2) is 8.07. The molecule has 1 aliphatic heterocycles. The standard InChI is InChI=1S/C14H16N2O3S.ClH/c1-2-19-11-5-3-10(4-6-11)9-12-13(17)16(8-7-15)14(18)20-12;/h3-6,9H,2,7-8,15H2,1H3;1H/b12-9-;. The molecule has 0 saturated carbocycles. The van der Waals surface area contributed by atoms with Gasteiger partial charge >= 0.3 is 0 Å². The topological polar surface area (TPSA) is 72.6 Å². The number of rotatable bonds is 5. The molecule has 5 nitrogen and oxygen atoms in total. The molecule has 0 aromatic heterocycles. The van der Waals surface area contributed by atoms with Crippen LogP contribution in [0.2, 0.25) is 0 Å². The third-order valence-electron chi connectivity index (χ3n) is 2.72. The summed E-state index contributed by atoms with van der Waals surface area (Å²) >= 11 is 0.943. The fraction of sp³-hybridized carbons (Fsp3) is 0.286. The minimum absolute atomic E-state index is 0. The zero-order chi connectivity index (χ0) is 14.5. The maximum atomic E-state index is 12.0. The minimum atomic E-state index is -0.278. The molecule has 0 bridgehead atoms. The molecule has 21 heavy (non-hydrogen) atoms. The number of benzene rings is 1. The molecule has 114 valence electrons. The Balaban J connectivity index is 0.00000220. The molecule has 2 rings (SSSR count). The van der Waals surface area contributed by atoms with Crippen LogP contribution in [0.5, 0.6) is 5.75 Å². The molecule has 0 aliphatic carbocycles. The van der Waals surface area contributed by atoms with Gasteiger partial charge in [-0.2, -0.15) is 0 Å². The highest BCUT2D eigenvalue weighted by Crippen LogP contribution is 2.32. The number of amides is 2. The lowest BCUT2D eigenvalue weighted by molar-refractivity contribution is -0.122. The summed E-state index contributed by atoms with van der Waals surface area (Å²) in [5, 5.41) is -0.266. The summed E-state index contributed by atoms with van der Waals surface area (Å²) in [5.74, 6) is 0.500. The van der Waals surface area contributed by atoms with E-state index in [1.165, 1.54) is 4.90 Å². The number of thioether (sulfide) groups is 1. The zero-order valence-electron chi connectivity index (χ0n) is 11.6. The Morgan fingerprint density at radius 3 is 2.52 bits per heavy atom. The first kappa shape index (κ1) is 17.6. The van der Waals surface area contributed by atoms with Crippen molar-refractivity contribution in [1.82, 2.24) is 4.90 Å². The van der Waals surface area contributed by atoms with Gasteiger partial charge in [0.2, 0.25) is 0 Å². The second-order valence-corrected chi connectivity index (χ2v) is 5.12. The normalized spacial score (nSPS) is 16.3. The van der Waals surface area contributed by atoms with Crippen LogP contribution in [0, 0.1) is 0 Å². The minimum Gasteiger partial charge on any atom is -0.494 e. The first-order chi connectivity index (χ1) is 9.65. The van der Waals surface area contributed by atoms with Gasteiger partial charge in [0.05, 0.1) is 11.5 Å². The molecule has 1 aliphatic rings. The molecule has 1 aromatic carbocycles. The highest BCUT2D eigenvalue weighted by Gasteiger charge is 2.34. The van der Waals surface area contributed by atoms with E-state index in [4.69, 9.17) is 10.5 Å². The fourth-order valence-electron chi connectivity index (χ4n) is 1.80. The first-order valence-electron chi connectivity index (χ1n) is 6.34. The van der Waals surface area contributed by atoms with Crippen molar-refractivity contribution >= 4 is 41.4 Å². The Morgan fingerprint density at radius 1 is 1.29 bits per heavy atom. The van der Waals surface area contributed by atoms with Gasteiger partial charge in [-0.25, -0.2) is 0 Å². The Hall–Kier alpha value is -1.50. The van der Waals surface area contributed by atoms with Gasteiger partial charge in [0, 0.05) is 13.1 Å². The molecule has 7 heteroatoms. The van der Waals surface area contributed by atoms with Crippen molar-refractivity contribution < 1.29 is 14.3 Å². The third kappa shape index (κ3) is 4.23. The maximum Gasteiger partial charge on any atom is 0.293 e. The monoisotopic (exact) mass is 328 g/mol. The molecule has 0 spiro atoms. The van der Waals surface area contributed by atoms with Crippen molar-refractivity contribution in [3.05, 3.63) is 34.7 Å². The summed E-state index contributed by atoms with van der Waals surface area (Å²) in [7, 11) is 0. The van der Waals surface area contributed by atoms with Crippen LogP contribution in [0.1, 0.15) is 12.5 Å². The lowest BCUT2D eigenvalue weighted by atomic mass is 10.2. The van der Waals surface area contributed by atoms with Crippen molar-refractivity contribution in [3.8, 4) is 5.75 Å². The van der Waals surface area contributed by atoms with Gasteiger partial charge in [-0.15, -0.1) is 12.4 Å². The predicted molar refractivity (Wildman–Crippen MR) is 86.6 cm³/mol. The van der Waals surface area contributed by atoms with E-state index in [9.17, 15) is 9.59 Å². The van der Waals surface area contributed by atoms with Crippen LogP contribution in [0.3, 0.4) is 0 Å². The van der Waals surface area contributed by atoms with E-state index in [1.54, 1.807) is 6.08 Å². The number of hydrogen-bond acceptors (Lipinski definition) is 5. The van der Waals surface area contributed by atoms with Crippen molar-refractivity contribution in [1.29, 1.82) is 0 Å². The molecule has 1 fully saturated rings. The van der Waals surface area contributed by atoms with Gasteiger partial charge in [0.15, 0.2) is 0 Å². The molecule has 2 amide bonds. The van der Waals surface area contributed by atoms with Gasteiger partial charge in [-0.3, -0.25) is 14.5 Å². The third-order valence-corrected chi connectivity index (χ3v) is 3.62. The van der Waals surface area contributed by atoms with Crippen molar-refractivity contribution in [2.45, 2.75) is 6.92 Å². The van der Waals surface area contributed by atoms with E-state index >= 15 is 0 Å². The maximum absolute atomic E-state index is 12.0. The van der Waals surface area contributed by atoms with Gasteiger partial charge in [-0.05, 0) is 42.5 Å². The Bertz CT molecular complexity index is 546. The SMILES string of the molecule is CCOc1ccc(/C=C2\SC(=O)N(CCN)C2=O)cc1.Cl. The number of hydrogen-bond donors (Lipinski definition) is 1. The summed E-state index contributed by atoms with van der Waals surface area (Å²) in [6, 6.07) is 7.36. The summed E-state index contributed by atoms with van der Waals surface area (Å²) in [6.07, 6.45) is 1.71. The van der Waals surface area contributed by atoms with E-state index in [1.807, 2.05) is 31.2 Å². The average molecular weight is 329 g/mol. The fourth-order valence-corrected chi connectivity index (χ4v) is 2.67. The number of ether oxygens (including phenoxy) is 1. The Kier molecular flexibility index (Phi) is 6.74. The number of nitrogens with zero attached hydrogens (tertiary/aromatic N) is 1. The van der Waals surface area contributed by atoms with Gasteiger partial charge in [-0.1, -0.05) is 12.1 Å². The summed E-state index contributed by atoms with van der Waals surface area (Å²) in [6.45, 7) is 3.05. The van der Waals surface area contributed by atoms with Gasteiger partial charge in [0.1, 0.15) is 5.75 Å². The number of imide groups is 1. The quantitative estimate of drug-likeness (QED) is 0.841. The molecule has 0 unspecified atom stereocenters. The van der Waals surface area contributed by atoms with Crippen LogP contribution in [0.4, 0.5) is 4.79 Å². The van der Waals surface area contributed by atoms with Gasteiger partial charge < -0.3 is 10.5 Å². The number of carbonyl (C=O) groups excluding carboxylic acids is 2. The number of carbonyl (C=O) groups is 2. The average Bonchev–Trinajstić information content (AvgIpc) is 2.69. The lowest BCUT2D eigenvalue weighted by Gasteiger charge is -2.09. The zero-order valence-corrected chi connectivity index (χ0v) is 13.2. The molecular weight excluding hydrogens is 312 g/mol. The van der Waals surface area contributed by atoms with E-state index in [0.29, 0.717) is 11.5 Å². The number of nitrogens with two attached hydrogens (primary N) is 1. The van der Waals surface area contributed by atoms with Crippen molar-refractivity contribution in [2.24, 2.45) is 5.73 Å². The molecule has 1 saturated heterocycles. The summed E-state index contributed by atoms with van der Waals surface area (Å²) in [5.41, 5.74) is 6.24. The molecular formula is C14H17ClN2O3S. The van der Waals surface area contributed by atoms with Crippen molar-refractivity contribution in [2.75, 3.05) is 19.7 Å². The smallest absolute Gasteiger partial charge is 0.293 e. The van der Waals surface area contributed by atoms with E-state index in [0.717, 1.165) is 23.1 Å². The largest absolute Gasteiger partial charge is 0.494 e. The lowest BCUT2D eigenvalue weighted by Crippen LogP contribution is -2.33. The van der Waals surface area contributed by atoms with Gasteiger partial charge in [0.25, 0.3) is 11.1 Å². The predicted octanol–water partition coefficient (Wildman–Crippen LogP) is 2.50. The first-order valence-corrected chi connectivity index (χ1v) is 7.15. The molecule has 2 N–H and O–H groups in total. The summed E-state index contributed by atoms with van der Waals surface area (Å²) in [4.78, 5) is 25.3. The molecule has 1 heterocycles. The second-order valence-electron chi connectivity index (χ2n) is 4.12. The highest BCUT2D eigenvalue weighted by molar-refractivity contribution is 8.18. The molecule has 0 radical (unpaired) electrons. The van der Waals surface area contributed by atoms with Crippen LogP contribution < -0.4 is 10.5 Å². The van der Waals surface area contributed by atoms with E-state index in [2.05, 4.69) is 0 Å². The van der Waals surface area contributed by atoms with E-state index in [-0.39, 0.29) is 36.6 Å². The van der Waals surface area contributed by atoms with Crippen LogP contribution in [0.15, 0.2) is 29.2 Å². The summed E-state index contributed by atoms with van der Waals surface area (Å²) < 4.78 is 5.35. The highest BCUT2D eigenvalue weighted by atomic mass is 35.5. The van der Waals surface area contributed by atoms with Crippen LogP contribution in [-0.2, 0) is 4.79 Å². The van der Waals surface area contributed by atoms with E-state index < -0.39 is 0 Å². The molecule has 1 aromatic rings. The van der Waals surface area contributed by atoms with Crippen LogP contribution in [-0.4, -0.2) is 35.7 Å². The Labute approximate surface area is 133 Å². The number of halogens is 1. The van der Waals surface area contributed by atoms with Crippen molar-refractivity contribution in [3.63, 3.8) is 0 Å². The molecule has 0 atom stereocenters. The van der Waals surface area contributed by atoms with Crippen LogP contribution >= 0.6 is 24.2 Å².